The molecular formula is C30H26Si. The first-order valence-corrected chi connectivity index (χ1v) is 14.0. The van der Waals surface area contributed by atoms with Crippen molar-refractivity contribution in [2.45, 2.75) is 24.6 Å². The topological polar surface area (TPSA) is 0 Å². The number of hydrogen-bond donors (Lipinski definition) is 0. The molecule has 0 aliphatic heterocycles. The maximum Gasteiger partial charge on any atom is 0.0986 e. The van der Waals surface area contributed by atoms with E-state index in [1.165, 1.54) is 44.5 Å². The third-order valence-corrected chi connectivity index (χ3v) is 12.2. The van der Waals surface area contributed by atoms with Gasteiger partial charge in [0, 0.05) is 11.1 Å². The predicted octanol–water partition coefficient (Wildman–Crippen LogP) is 7.88. The van der Waals surface area contributed by atoms with Crippen molar-refractivity contribution in [3.8, 4) is 22.3 Å². The van der Waals surface area contributed by atoms with Crippen LogP contribution in [0.25, 0.3) is 22.3 Å². The molecule has 31 heavy (non-hydrogen) atoms. The van der Waals surface area contributed by atoms with Crippen molar-refractivity contribution in [3.63, 3.8) is 0 Å². The average Bonchev–Trinajstić information content (AvgIpc) is 3.33. The van der Waals surface area contributed by atoms with Crippen LogP contribution in [0, 0.1) is 0 Å². The van der Waals surface area contributed by atoms with E-state index in [-0.39, 0.29) is 0 Å². The fourth-order valence-corrected chi connectivity index (χ4v) is 11.5. The first-order valence-electron chi connectivity index (χ1n) is 11.2. The maximum absolute atomic E-state index is 2.61. The Balaban J connectivity index is 1.66. The smallest absolute Gasteiger partial charge is 0.0970 e. The van der Waals surface area contributed by atoms with Crippen molar-refractivity contribution in [2.24, 2.45) is 0 Å². The van der Waals surface area contributed by atoms with Crippen molar-refractivity contribution in [1.29, 1.82) is 0 Å². The van der Waals surface area contributed by atoms with Crippen LogP contribution in [-0.2, 0) is 0 Å². The van der Waals surface area contributed by atoms with E-state index >= 15 is 0 Å². The zero-order chi connectivity index (χ0) is 21.0. The molecule has 0 fully saturated rings. The molecule has 0 nitrogen and oxygen atoms in total. The van der Waals surface area contributed by atoms with Crippen LogP contribution in [0.2, 0.25) is 6.55 Å². The molecular weight excluding hydrogens is 388 g/mol. The van der Waals surface area contributed by atoms with Crippen molar-refractivity contribution >= 4 is 8.07 Å². The Morgan fingerprint density at radius 1 is 0.516 bits per heavy atom. The minimum Gasteiger partial charge on any atom is -0.0970 e. The molecule has 150 valence electrons. The minimum absolute atomic E-state index is 0.445. The van der Waals surface area contributed by atoms with Crippen LogP contribution in [0.1, 0.15) is 40.3 Å². The predicted molar refractivity (Wildman–Crippen MR) is 134 cm³/mol. The standard InChI is InChI=1S/C30H26Si/c1-3-20-31(2,29-25-16-8-4-12-21(25)22-13-5-9-17-26(22)29)30-27-18-10-6-14-23(27)24-15-7-11-19-28(24)30/h3-20,29-30H,1-2H3. The normalized spacial score (nSPS) is 15.0. The van der Waals surface area contributed by atoms with Gasteiger partial charge in [0.05, 0.1) is 8.07 Å². The summed E-state index contributed by atoms with van der Waals surface area (Å²) in [6.07, 6.45) is 2.32. The molecule has 0 heterocycles. The third kappa shape index (κ3) is 2.53. The Hall–Kier alpha value is -3.16. The lowest BCUT2D eigenvalue weighted by Crippen LogP contribution is -2.43. The highest BCUT2D eigenvalue weighted by Gasteiger charge is 2.50. The summed E-state index contributed by atoms with van der Waals surface area (Å²) in [6, 6.07) is 36.4. The van der Waals surface area contributed by atoms with Crippen LogP contribution in [-0.4, -0.2) is 8.07 Å². The SMILES string of the molecule is CC=C[Si](C)(C1c2ccccc2-c2ccccc21)C1c2ccccc2-c2ccccc21. The van der Waals surface area contributed by atoms with E-state index in [2.05, 4.69) is 122 Å². The average molecular weight is 415 g/mol. The highest BCUT2D eigenvalue weighted by Crippen LogP contribution is 2.57. The van der Waals surface area contributed by atoms with Gasteiger partial charge in [-0.2, -0.15) is 0 Å². The van der Waals surface area contributed by atoms with E-state index in [4.69, 9.17) is 0 Å². The Bertz CT molecular complexity index is 1140. The zero-order valence-corrected chi connectivity index (χ0v) is 19.0. The van der Waals surface area contributed by atoms with E-state index in [1.807, 2.05) is 0 Å². The lowest BCUT2D eigenvalue weighted by Gasteiger charge is -2.39. The van der Waals surface area contributed by atoms with Crippen molar-refractivity contribution in [2.75, 3.05) is 0 Å². The Labute approximate surface area is 185 Å². The summed E-state index contributed by atoms with van der Waals surface area (Å²) < 4.78 is 0. The van der Waals surface area contributed by atoms with E-state index in [1.54, 1.807) is 0 Å². The van der Waals surface area contributed by atoms with Crippen LogP contribution < -0.4 is 0 Å². The van der Waals surface area contributed by atoms with Crippen molar-refractivity contribution in [3.05, 3.63) is 131 Å². The molecule has 0 radical (unpaired) electrons. The maximum atomic E-state index is 2.61. The molecule has 0 spiro atoms. The summed E-state index contributed by atoms with van der Waals surface area (Å²) in [5.74, 6) is 0. The zero-order valence-electron chi connectivity index (χ0n) is 18.0. The quantitative estimate of drug-likeness (QED) is 0.299. The minimum atomic E-state index is -2.07. The molecule has 1 heteroatoms. The first kappa shape index (κ1) is 18.6. The highest BCUT2D eigenvalue weighted by atomic mass is 28.3. The fourth-order valence-electron chi connectivity index (χ4n) is 6.37. The summed E-state index contributed by atoms with van der Waals surface area (Å²) in [4.78, 5) is 0. The molecule has 4 aromatic rings. The molecule has 2 aliphatic rings. The molecule has 0 unspecified atom stereocenters. The summed E-state index contributed by atoms with van der Waals surface area (Å²) in [6.45, 7) is 4.81. The molecule has 0 amide bonds. The third-order valence-electron chi connectivity index (χ3n) is 7.44. The number of fused-ring (bicyclic) bond motifs is 6. The van der Waals surface area contributed by atoms with Gasteiger partial charge in [0.1, 0.15) is 0 Å². The van der Waals surface area contributed by atoms with Gasteiger partial charge in [-0.05, 0) is 51.4 Å². The van der Waals surface area contributed by atoms with Gasteiger partial charge in [0.25, 0.3) is 0 Å². The van der Waals surface area contributed by atoms with E-state index in [0.717, 1.165) is 0 Å². The Morgan fingerprint density at radius 3 is 1.10 bits per heavy atom. The molecule has 0 bridgehead atoms. The number of rotatable bonds is 3. The lowest BCUT2D eigenvalue weighted by molar-refractivity contribution is 1.02. The van der Waals surface area contributed by atoms with Crippen LogP contribution in [0.5, 0.6) is 0 Å². The molecule has 2 aliphatic carbocycles. The number of allylic oxidation sites excluding steroid dienone is 1. The van der Waals surface area contributed by atoms with Crippen LogP contribution in [0.4, 0.5) is 0 Å². The van der Waals surface area contributed by atoms with E-state index in [9.17, 15) is 0 Å². The fraction of sp³-hybridized carbons (Fsp3) is 0.133. The van der Waals surface area contributed by atoms with E-state index < -0.39 is 8.07 Å². The van der Waals surface area contributed by atoms with Crippen LogP contribution >= 0.6 is 0 Å². The van der Waals surface area contributed by atoms with E-state index in [0.29, 0.717) is 11.1 Å². The second kappa shape index (κ2) is 6.93. The van der Waals surface area contributed by atoms with Gasteiger partial charge in [-0.15, -0.1) is 0 Å². The summed E-state index contributed by atoms with van der Waals surface area (Å²) in [7, 11) is -2.07. The first-order chi connectivity index (χ1) is 15.2. The number of benzene rings is 4. The van der Waals surface area contributed by atoms with Gasteiger partial charge >= 0.3 is 0 Å². The number of hydrogen-bond acceptors (Lipinski definition) is 0. The van der Waals surface area contributed by atoms with Gasteiger partial charge in [-0.3, -0.25) is 0 Å². The summed E-state index contributed by atoms with van der Waals surface area (Å²) >= 11 is 0. The van der Waals surface area contributed by atoms with Gasteiger partial charge in [-0.25, -0.2) is 0 Å². The monoisotopic (exact) mass is 414 g/mol. The van der Waals surface area contributed by atoms with Crippen LogP contribution in [0.3, 0.4) is 0 Å². The van der Waals surface area contributed by atoms with Gasteiger partial charge < -0.3 is 0 Å². The van der Waals surface area contributed by atoms with Gasteiger partial charge in [0.2, 0.25) is 0 Å². The molecule has 0 aromatic heterocycles. The van der Waals surface area contributed by atoms with Crippen molar-refractivity contribution < 1.29 is 0 Å². The second-order valence-corrected chi connectivity index (χ2v) is 13.3. The molecule has 4 aromatic carbocycles. The molecule has 0 atom stereocenters. The summed E-state index contributed by atoms with van der Waals surface area (Å²) in [5, 5.41) is 0. The van der Waals surface area contributed by atoms with Gasteiger partial charge in [-0.1, -0.05) is 115 Å². The molecule has 0 N–H and O–H groups in total. The Kier molecular flexibility index (Phi) is 4.16. The van der Waals surface area contributed by atoms with Crippen molar-refractivity contribution in [1.82, 2.24) is 0 Å². The highest BCUT2D eigenvalue weighted by molar-refractivity contribution is 6.87. The van der Waals surface area contributed by atoms with Crippen LogP contribution in [0.15, 0.2) is 109 Å². The molecule has 0 saturated heterocycles. The Morgan fingerprint density at radius 2 is 0.806 bits per heavy atom. The summed E-state index contributed by atoms with van der Waals surface area (Å²) in [5.41, 5.74) is 15.2. The lowest BCUT2D eigenvalue weighted by atomic mass is 10.1. The second-order valence-electron chi connectivity index (χ2n) is 9.08. The molecule has 0 saturated carbocycles. The molecule has 6 rings (SSSR count). The van der Waals surface area contributed by atoms with Gasteiger partial charge in [0.15, 0.2) is 0 Å². The largest absolute Gasteiger partial charge is 0.0986 e.